The van der Waals surface area contributed by atoms with Crippen molar-refractivity contribution < 1.29 is 48.0 Å². The maximum atomic E-state index is 13.9. The summed E-state index contributed by atoms with van der Waals surface area (Å²) in [6.07, 6.45) is 0.880. The number of allylic oxidation sites excluding steroid dienone is 3. The molecule has 0 spiro atoms. The second-order valence-corrected chi connectivity index (χ2v) is 14.5. The number of carbonyl (C=O) groups is 4. The van der Waals surface area contributed by atoms with Crippen LogP contribution in [0.25, 0.3) is 0 Å². The molecule has 7 atom stereocenters. The maximum absolute atomic E-state index is 13.9. The molecular weight excluding hydrogens is 696 g/mol. The van der Waals surface area contributed by atoms with E-state index in [0.717, 1.165) is 11.1 Å². The Morgan fingerprint density at radius 1 is 1.19 bits per heavy atom. The number of fused-ring (bicyclic) bond motifs is 5. The van der Waals surface area contributed by atoms with Gasteiger partial charge in [-0.25, -0.2) is 9.59 Å². The molecule has 15 heteroatoms. The number of halogens is 1. The number of epoxide rings is 1. The van der Waals surface area contributed by atoms with Crippen LogP contribution in [0.5, 0.6) is 5.75 Å². The zero-order valence-electron chi connectivity index (χ0n) is 31.5. The molecule has 3 heterocycles. The minimum atomic E-state index is -1.79. The summed E-state index contributed by atoms with van der Waals surface area (Å²) in [6.45, 7) is 8.07. The summed E-state index contributed by atoms with van der Waals surface area (Å²) in [4.78, 5) is 57.9. The fraction of sp³-hybridized carbons (Fsp3) is 0.622. The van der Waals surface area contributed by atoms with E-state index >= 15 is 0 Å². The summed E-state index contributed by atoms with van der Waals surface area (Å²) in [6, 6.07) is 2.89. The number of hydrogen-bond acceptors (Lipinski definition) is 11. The highest BCUT2D eigenvalue weighted by Gasteiger charge is 2.52. The van der Waals surface area contributed by atoms with Gasteiger partial charge in [0.2, 0.25) is 11.8 Å². The number of carbonyl (C=O) groups excluding carboxylic acids is 4. The Bertz CT molecular complexity index is 1550. The van der Waals surface area contributed by atoms with Gasteiger partial charge in [0, 0.05) is 53.1 Å². The molecule has 288 valence electrons. The van der Waals surface area contributed by atoms with Crippen LogP contribution in [-0.4, -0.2) is 129 Å². The third-order valence-corrected chi connectivity index (χ3v) is 10.4. The van der Waals surface area contributed by atoms with E-state index in [9.17, 15) is 24.3 Å². The highest BCUT2D eigenvalue weighted by Crippen LogP contribution is 2.39. The number of methoxy groups -OCH3 is 2. The largest absolute Gasteiger partial charge is 0.495 e. The molecule has 4 bridgehead atoms. The summed E-state index contributed by atoms with van der Waals surface area (Å²) >= 11 is 6.72. The first kappa shape index (κ1) is 41.1. The van der Waals surface area contributed by atoms with Crippen LogP contribution in [0.2, 0.25) is 5.02 Å². The lowest BCUT2D eigenvalue weighted by molar-refractivity contribution is -0.159. The second kappa shape index (κ2) is 17.4. The van der Waals surface area contributed by atoms with E-state index in [1.54, 1.807) is 45.3 Å². The molecule has 2 N–H and O–H groups in total. The van der Waals surface area contributed by atoms with E-state index < -0.39 is 60.3 Å². The van der Waals surface area contributed by atoms with Crippen LogP contribution in [0.3, 0.4) is 0 Å². The Morgan fingerprint density at radius 3 is 2.56 bits per heavy atom. The minimum absolute atomic E-state index is 0.0247. The summed E-state index contributed by atoms with van der Waals surface area (Å²) in [5, 5.41) is 14.3. The smallest absolute Gasteiger partial charge is 0.409 e. The number of aliphatic hydroxyl groups is 1. The van der Waals surface area contributed by atoms with Crippen molar-refractivity contribution in [2.45, 2.75) is 108 Å². The van der Waals surface area contributed by atoms with Gasteiger partial charge in [0.1, 0.15) is 41.2 Å². The fourth-order valence-electron chi connectivity index (χ4n) is 6.31. The van der Waals surface area contributed by atoms with E-state index in [2.05, 4.69) is 5.32 Å². The van der Waals surface area contributed by atoms with Crippen LogP contribution in [0.1, 0.15) is 58.9 Å². The Morgan fingerprint density at radius 2 is 1.90 bits per heavy atom. The molecule has 2 fully saturated rings. The molecule has 0 unspecified atom stereocenters. The van der Waals surface area contributed by atoms with Crippen molar-refractivity contribution in [3.8, 4) is 5.75 Å². The number of benzene rings is 1. The highest BCUT2D eigenvalue weighted by molar-refractivity contribution is 6.35. The van der Waals surface area contributed by atoms with Crippen molar-refractivity contribution in [1.29, 1.82) is 0 Å². The van der Waals surface area contributed by atoms with Gasteiger partial charge in [-0.2, -0.15) is 0 Å². The van der Waals surface area contributed by atoms with Crippen molar-refractivity contribution >= 4 is 41.2 Å². The van der Waals surface area contributed by atoms with Crippen molar-refractivity contribution in [2.75, 3.05) is 46.8 Å². The lowest BCUT2D eigenvalue weighted by atomic mass is 9.93. The SMILES string of the molecule is COc1cc2cc(c1Cl)N(C)C(=O)C[C@H](OC(=O)[C@H](C)N(C)C(=O)CCN(C)C(C)C)[C@@H]1O[C@H]1C[C@@H]1C[C@@](O)(NC(=O)O1)[C@H](OC)/C=C/C=C(\C)C2. The van der Waals surface area contributed by atoms with E-state index in [4.69, 9.17) is 35.3 Å². The summed E-state index contributed by atoms with van der Waals surface area (Å²) in [7, 11) is 7.96. The Labute approximate surface area is 310 Å². The number of alkyl carbamates (subject to hydrolysis) is 1. The van der Waals surface area contributed by atoms with Crippen LogP contribution >= 0.6 is 11.6 Å². The van der Waals surface area contributed by atoms with Gasteiger partial charge >= 0.3 is 12.1 Å². The highest BCUT2D eigenvalue weighted by atomic mass is 35.5. The molecule has 14 nitrogen and oxygen atoms in total. The van der Waals surface area contributed by atoms with Crippen LogP contribution < -0.4 is 15.0 Å². The normalized spacial score (nSPS) is 28.9. The predicted molar refractivity (Wildman–Crippen MR) is 194 cm³/mol. The number of rotatable bonds is 9. The van der Waals surface area contributed by atoms with E-state index in [0.29, 0.717) is 24.4 Å². The molecule has 0 aromatic heterocycles. The van der Waals surface area contributed by atoms with Crippen molar-refractivity contribution in [1.82, 2.24) is 15.1 Å². The average Bonchev–Trinajstić information content (AvgIpc) is 3.85. The van der Waals surface area contributed by atoms with Gasteiger partial charge in [-0.05, 0) is 58.9 Å². The lowest BCUT2D eigenvalue weighted by Crippen LogP contribution is -2.62. The molecule has 1 aromatic rings. The average molecular weight is 749 g/mol. The van der Waals surface area contributed by atoms with Gasteiger partial charge in [0.15, 0.2) is 5.72 Å². The third kappa shape index (κ3) is 10.0. The maximum Gasteiger partial charge on any atom is 0.409 e. The van der Waals surface area contributed by atoms with Gasteiger partial charge in [-0.3, -0.25) is 14.9 Å². The van der Waals surface area contributed by atoms with Gasteiger partial charge in [-0.1, -0.05) is 35.4 Å². The van der Waals surface area contributed by atoms with Crippen molar-refractivity contribution in [3.63, 3.8) is 0 Å². The molecule has 52 heavy (non-hydrogen) atoms. The number of likely N-dealkylation sites (N-methyl/N-ethyl adjacent to an activating group) is 1. The minimum Gasteiger partial charge on any atom is -0.495 e. The first-order valence-electron chi connectivity index (χ1n) is 17.5. The van der Waals surface area contributed by atoms with Crippen molar-refractivity contribution in [3.05, 3.63) is 46.5 Å². The molecule has 3 amide bonds. The first-order valence-corrected chi connectivity index (χ1v) is 17.9. The van der Waals surface area contributed by atoms with Crippen LogP contribution in [0.4, 0.5) is 10.5 Å². The fourth-order valence-corrected chi connectivity index (χ4v) is 6.63. The predicted octanol–water partition coefficient (Wildman–Crippen LogP) is 3.61. The summed E-state index contributed by atoms with van der Waals surface area (Å²) < 4.78 is 28.6. The quantitative estimate of drug-likeness (QED) is 0.281. The molecule has 3 aliphatic rings. The number of esters is 1. The van der Waals surface area contributed by atoms with Gasteiger partial charge in [0.05, 0.1) is 25.3 Å². The first-order chi connectivity index (χ1) is 24.5. The Balaban J connectivity index is 1.65. The molecule has 1 aromatic carbocycles. The Kier molecular flexibility index (Phi) is 13.8. The number of amides is 3. The number of nitrogens with zero attached hydrogens (tertiary/aromatic N) is 3. The van der Waals surface area contributed by atoms with E-state index in [-0.39, 0.29) is 42.7 Å². The zero-order chi connectivity index (χ0) is 38.5. The number of anilines is 1. The van der Waals surface area contributed by atoms with E-state index in [1.165, 1.54) is 24.0 Å². The van der Waals surface area contributed by atoms with Crippen LogP contribution in [0.15, 0.2) is 35.9 Å². The molecule has 2 saturated heterocycles. The summed E-state index contributed by atoms with van der Waals surface area (Å²) in [5.41, 5.74) is 0.356. The van der Waals surface area contributed by atoms with Crippen LogP contribution in [0, 0.1) is 0 Å². The topological polar surface area (TPSA) is 160 Å². The number of hydrogen-bond donors (Lipinski definition) is 2. The van der Waals surface area contributed by atoms with Gasteiger partial charge in [0.25, 0.3) is 0 Å². The lowest BCUT2D eigenvalue weighted by Gasteiger charge is -2.40. The molecule has 4 rings (SSSR count). The number of ether oxygens (including phenoxy) is 5. The Hall–Kier alpha value is -3.69. The van der Waals surface area contributed by atoms with Crippen LogP contribution in [-0.2, 0) is 39.8 Å². The van der Waals surface area contributed by atoms with Gasteiger partial charge in [-0.15, -0.1) is 0 Å². The van der Waals surface area contributed by atoms with Crippen molar-refractivity contribution in [2.24, 2.45) is 0 Å². The zero-order valence-corrected chi connectivity index (χ0v) is 32.3. The standard InChI is InChI=1S/C37H53ClN4O10/c1-21(2)40(5)14-13-31(43)41(6)23(4)35(45)52-29-19-32(44)42(7)26-16-24(17-27(48-8)33(26)38)15-22(3)11-10-12-30(49-9)37(47)20-25(50-36(46)39-37)18-28-34(29)51-28/h10-12,16-17,21,23,25,28-30,34,47H,13-15,18-20H2,1-9H3,(H,39,46)/b12-10+,22-11+/t23-,25+,28-,29-,30+,34+,37-/m0/s1. The molecule has 0 aliphatic carbocycles. The number of nitrogens with one attached hydrogen (secondary N) is 1. The molecule has 0 saturated carbocycles. The third-order valence-electron chi connectivity index (χ3n) is 10.0. The second-order valence-electron chi connectivity index (χ2n) is 14.2. The molecule has 0 radical (unpaired) electrons. The molecule has 3 aliphatic heterocycles. The molecular formula is C37H53ClN4O10. The monoisotopic (exact) mass is 748 g/mol. The van der Waals surface area contributed by atoms with Gasteiger partial charge < -0.3 is 43.5 Å². The van der Waals surface area contributed by atoms with E-state index in [1.807, 2.05) is 38.8 Å². The summed E-state index contributed by atoms with van der Waals surface area (Å²) in [5.74, 6) is -0.975.